The zero-order valence-electron chi connectivity index (χ0n) is 10.2. The Morgan fingerprint density at radius 2 is 2.11 bits per heavy atom. The van der Waals surface area contributed by atoms with E-state index in [1.54, 1.807) is 19.9 Å². The van der Waals surface area contributed by atoms with Gasteiger partial charge in [0.05, 0.1) is 18.7 Å². The number of alkyl halides is 2. The van der Waals surface area contributed by atoms with E-state index in [1.807, 2.05) is 0 Å². The number of rotatable bonds is 5. The Balaban J connectivity index is 3.03. The first-order chi connectivity index (χ1) is 8.43. The molecule has 1 rings (SSSR count). The van der Waals surface area contributed by atoms with Crippen molar-refractivity contribution in [2.24, 2.45) is 0 Å². The van der Waals surface area contributed by atoms with Gasteiger partial charge in [0, 0.05) is 5.56 Å². The predicted octanol–water partition coefficient (Wildman–Crippen LogP) is 2.28. The maximum atomic E-state index is 12.3. The van der Waals surface area contributed by atoms with E-state index in [0.717, 1.165) is 5.56 Å². The molecule has 0 aliphatic carbocycles. The van der Waals surface area contributed by atoms with Crippen molar-refractivity contribution >= 4 is 11.7 Å². The lowest BCUT2D eigenvalue weighted by molar-refractivity contribution is -0.142. The molecule has 0 fully saturated rings. The first-order valence-corrected chi connectivity index (χ1v) is 5.43. The van der Waals surface area contributed by atoms with Crippen LogP contribution < -0.4 is 10.5 Å². The molecule has 1 aromatic carbocycles. The van der Waals surface area contributed by atoms with Gasteiger partial charge in [0.2, 0.25) is 0 Å². The first kappa shape index (κ1) is 14.2. The molecule has 1 aromatic rings. The highest BCUT2D eigenvalue weighted by Gasteiger charge is 2.16. The van der Waals surface area contributed by atoms with Crippen molar-refractivity contribution in [3.63, 3.8) is 0 Å². The molecule has 0 saturated heterocycles. The smallest absolute Gasteiger partial charge is 0.387 e. The van der Waals surface area contributed by atoms with Gasteiger partial charge in [-0.05, 0) is 25.5 Å². The van der Waals surface area contributed by atoms with E-state index in [4.69, 9.17) is 10.5 Å². The predicted molar refractivity (Wildman–Crippen MR) is 62.6 cm³/mol. The van der Waals surface area contributed by atoms with E-state index in [9.17, 15) is 13.6 Å². The molecule has 0 amide bonds. The Bertz CT molecular complexity index is 436. The number of hydrogen-bond donors (Lipinski definition) is 1. The molecule has 0 aromatic heterocycles. The second kappa shape index (κ2) is 6.18. The molecule has 100 valence electrons. The van der Waals surface area contributed by atoms with E-state index in [-0.39, 0.29) is 24.5 Å². The van der Waals surface area contributed by atoms with Gasteiger partial charge in [-0.1, -0.05) is 6.07 Å². The summed E-state index contributed by atoms with van der Waals surface area (Å²) in [5, 5.41) is 0. The van der Waals surface area contributed by atoms with Gasteiger partial charge in [-0.3, -0.25) is 4.79 Å². The van der Waals surface area contributed by atoms with Crippen LogP contribution in [0.5, 0.6) is 5.75 Å². The molecule has 0 atom stereocenters. The van der Waals surface area contributed by atoms with Gasteiger partial charge in [-0.15, -0.1) is 0 Å². The van der Waals surface area contributed by atoms with Crippen LogP contribution in [0.1, 0.15) is 18.1 Å². The third-order valence-electron chi connectivity index (χ3n) is 2.19. The largest absolute Gasteiger partial charge is 0.466 e. The van der Waals surface area contributed by atoms with Crippen LogP contribution in [-0.4, -0.2) is 19.2 Å². The van der Waals surface area contributed by atoms with Crippen LogP contribution in [0.3, 0.4) is 0 Å². The highest BCUT2D eigenvalue weighted by molar-refractivity contribution is 5.75. The van der Waals surface area contributed by atoms with Gasteiger partial charge in [0.25, 0.3) is 0 Å². The normalized spacial score (nSPS) is 10.5. The monoisotopic (exact) mass is 259 g/mol. The van der Waals surface area contributed by atoms with E-state index in [2.05, 4.69) is 4.74 Å². The fraction of sp³-hybridized carbons (Fsp3) is 0.417. The summed E-state index contributed by atoms with van der Waals surface area (Å²) < 4.78 is 33.7. The molecule has 0 bridgehead atoms. The second-order valence-electron chi connectivity index (χ2n) is 3.70. The molecule has 0 radical (unpaired) electrons. The Morgan fingerprint density at radius 3 is 2.67 bits per heavy atom. The maximum Gasteiger partial charge on any atom is 0.387 e. The van der Waals surface area contributed by atoms with Crippen LogP contribution in [-0.2, 0) is 16.0 Å². The molecule has 0 aliphatic rings. The summed E-state index contributed by atoms with van der Waals surface area (Å²) in [6, 6.07) is 3.08. The van der Waals surface area contributed by atoms with Gasteiger partial charge in [0.1, 0.15) is 0 Å². The van der Waals surface area contributed by atoms with Gasteiger partial charge < -0.3 is 15.2 Å². The molecule has 0 spiro atoms. The van der Waals surface area contributed by atoms with Gasteiger partial charge >= 0.3 is 12.6 Å². The summed E-state index contributed by atoms with van der Waals surface area (Å²) in [5.74, 6) is -0.676. The van der Waals surface area contributed by atoms with E-state index in [1.165, 1.54) is 6.07 Å². The van der Waals surface area contributed by atoms with Crippen molar-refractivity contribution in [3.05, 3.63) is 23.3 Å². The number of anilines is 1. The van der Waals surface area contributed by atoms with Crippen LogP contribution >= 0.6 is 0 Å². The number of ether oxygens (including phenoxy) is 2. The van der Waals surface area contributed by atoms with Crippen LogP contribution in [0.4, 0.5) is 14.5 Å². The minimum absolute atomic E-state index is 0.0783. The Morgan fingerprint density at radius 1 is 1.44 bits per heavy atom. The minimum atomic E-state index is -2.99. The van der Waals surface area contributed by atoms with E-state index in [0.29, 0.717) is 5.56 Å². The average Bonchev–Trinajstić information content (AvgIpc) is 2.23. The van der Waals surface area contributed by atoms with Crippen molar-refractivity contribution in [1.82, 2.24) is 0 Å². The Kier molecular flexibility index (Phi) is 4.88. The van der Waals surface area contributed by atoms with Crippen molar-refractivity contribution in [3.8, 4) is 5.75 Å². The van der Waals surface area contributed by atoms with Crippen LogP contribution in [0.15, 0.2) is 12.1 Å². The van der Waals surface area contributed by atoms with E-state index >= 15 is 0 Å². The molecular weight excluding hydrogens is 244 g/mol. The number of carbonyl (C=O) groups excluding carboxylic acids is 1. The fourth-order valence-corrected chi connectivity index (χ4v) is 1.61. The van der Waals surface area contributed by atoms with Crippen molar-refractivity contribution in [2.45, 2.75) is 26.9 Å². The molecule has 0 heterocycles. The number of hydrogen-bond acceptors (Lipinski definition) is 4. The lowest BCUT2D eigenvalue weighted by atomic mass is 10.1. The van der Waals surface area contributed by atoms with E-state index < -0.39 is 12.6 Å². The Labute approximate surface area is 104 Å². The zero-order valence-corrected chi connectivity index (χ0v) is 10.2. The first-order valence-electron chi connectivity index (χ1n) is 5.43. The fourth-order valence-electron chi connectivity index (χ4n) is 1.61. The summed E-state index contributed by atoms with van der Waals surface area (Å²) in [4.78, 5) is 11.4. The summed E-state index contributed by atoms with van der Waals surface area (Å²) >= 11 is 0. The average molecular weight is 259 g/mol. The van der Waals surface area contributed by atoms with Crippen molar-refractivity contribution < 1.29 is 23.0 Å². The summed E-state index contributed by atoms with van der Waals surface area (Å²) in [7, 11) is 0. The Hall–Kier alpha value is -1.85. The number of nitrogen functional groups attached to an aromatic ring is 1. The van der Waals surface area contributed by atoms with Gasteiger partial charge in [-0.25, -0.2) is 0 Å². The SMILES string of the molecule is CCOC(=O)Cc1cc(C)cc(N)c1OC(F)F. The lowest BCUT2D eigenvalue weighted by Crippen LogP contribution is -2.12. The van der Waals surface area contributed by atoms with Crippen LogP contribution in [0.2, 0.25) is 0 Å². The number of aryl methyl sites for hydroxylation is 1. The number of nitrogens with two attached hydrogens (primary N) is 1. The third-order valence-corrected chi connectivity index (χ3v) is 2.19. The van der Waals surface area contributed by atoms with Crippen LogP contribution in [0.25, 0.3) is 0 Å². The molecule has 18 heavy (non-hydrogen) atoms. The molecule has 2 N–H and O–H groups in total. The third kappa shape index (κ3) is 3.87. The highest BCUT2D eigenvalue weighted by atomic mass is 19.3. The second-order valence-corrected chi connectivity index (χ2v) is 3.70. The molecule has 6 heteroatoms. The topological polar surface area (TPSA) is 61.5 Å². The summed E-state index contributed by atoms with van der Waals surface area (Å²) in [5.41, 5.74) is 6.74. The highest BCUT2D eigenvalue weighted by Crippen LogP contribution is 2.30. The number of halogens is 2. The quantitative estimate of drug-likeness (QED) is 0.651. The lowest BCUT2D eigenvalue weighted by Gasteiger charge is -2.13. The number of benzene rings is 1. The number of esters is 1. The van der Waals surface area contributed by atoms with Crippen molar-refractivity contribution in [2.75, 3.05) is 12.3 Å². The zero-order chi connectivity index (χ0) is 13.7. The minimum Gasteiger partial charge on any atom is -0.466 e. The number of carbonyl (C=O) groups is 1. The van der Waals surface area contributed by atoms with Gasteiger partial charge in [-0.2, -0.15) is 8.78 Å². The molecule has 0 unspecified atom stereocenters. The standard InChI is InChI=1S/C12H15F2NO3/c1-3-17-10(16)6-8-4-7(2)5-9(15)11(8)18-12(13)14/h4-5,12H,3,6,15H2,1-2H3. The van der Waals surface area contributed by atoms with Crippen molar-refractivity contribution in [1.29, 1.82) is 0 Å². The maximum absolute atomic E-state index is 12.3. The summed E-state index contributed by atoms with van der Waals surface area (Å²) in [6.07, 6.45) is -0.151. The summed E-state index contributed by atoms with van der Waals surface area (Å²) in [6.45, 7) is 0.650. The molecule has 0 aliphatic heterocycles. The van der Waals surface area contributed by atoms with Gasteiger partial charge in [0.15, 0.2) is 5.75 Å². The molecular formula is C12H15F2NO3. The van der Waals surface area contributed by atoms with Crippen LogP contribution in [0, 0.1) is 6.92 Å². The molecule has 4 nitrogen and oxygen atoms in total. The molecule has 0 saturated carbocycles.